The zero-order valence-electron chi connectivity index (χ0n) is 35.6. The second kappa shape index (κ2) is 24.7. The number of aliphatic carboxylic acids is 2. The first-order valence-electron chi connectivity index (χ1n) is 20.4. The third kappa shape index (κ3) is 14.8. The van der Waals surface area contributed by atoms with Gasteiger partial charge in [-0.1, -0.05) is 76.8 Å². The van der Waals surface area contributed by atoms with E-state index >= 15 is 0 Å². The molecule has 0 aliphatic heterocycles. The van der Waals surface area contributed by atoms with E-state index in [1.807, 2.05) is 0 Å². The Bertz CT molecular complexity index is 2480. The van der Waals surface area contributed by atoms with E-state index in [9.17, 15) is 48.4 Å². The average molecular weight is 953 g/mol. The second-order valence-corrected chi connectivity index (χ2v) is 16.5. The standard InChI is InChI=1S/C25H27ClFN5O5.C20H22ClFN4O3/c1-15(34)28-9-8-25(14-33,24(36)37)12-19(30-23(35)22-13-29-32-31-22)10-16-2-4-17(5-3-16)20-11-18(26)6-7-21(20)27;21-15-5-6-18(22)17(10-15)14-3-1-13(2-4-14)9-16(23)11-20(12-27,19(28)29)7-8-25-26-24/h2-7,11,13,19,33H,8-10,12,14H2,1H3,(H,28,34)(H,30,35)(H,36,37)(H,29,31,32);1-6,10,16,27H,7-9,11-12,23H2,(H,28,29)/t19-,25?;16-,20?/m11/s1. The van der Waals surface area contributed by atoms with Crippen molar-refractivity contribution in [3.8, 4) is 22.3 Å². The lowest BCUT2D eigenvalue weighted by molar-refractivity contribution is -0.154. The number of aromatic nitrogens is 3. The highest BCUT2D eigenvalue weighted by Gasteiger charge is 2.41. The van der Waals surface area contributed by atoms with Crippen molar-refractivity contribution in [1.82, 2.24) is 26.0 Å². The molecule has 4 atom stereocenters. The fraction of sp³-hybridized carbons (Fsp3) is 0.333. The van der Waals surface area contributed by atoms with E-state index in [0.29, 0.717) is 38.7 Å². The Labute approximate surface area is 388 Å². The number of nitrogens with one attached hydrogen (secondary N) is 3. The molecule has 0 aliphatic carbocycles. The van der Waals surface area contributed by atoms with Crippen molar-refractivity contribution >= 4 is 47.0 Å². The predicted molar refractivity (Wildman–Crippen MR) is 242 cm³/mol. The van der Waals surface area contributed by atoms with Gasteiger partial charge in [-0.2, -0.15) is 15.4 Å². The number of carbonyl (C=O) groups excluding carboxylic acids is 2. The highest BCUT2D eigenvalue weighted by molar-refractivity contribution is 6.31. The van der Waals surface area contributed by atoms with Gasteiger partial charge in [0.15, 0.2) is 5.69 Å². The molecule has 350 valence electrons. The first-order chi connectivity index (χ1) is 31.4. The molecule has 0 aliphatic rings. The lowest BCUT2D eigenvalue weighted by Gasteiger charge is -2.32. The summed E-state index contributed by atoms with van der Waals surface area (Å²) in [5, 5.41) is 58.5. The normalized spacial score (nSPS) is 13.6. The third-order valence-corrected chi connectivity index (χ3v) is 11.4. The van der Waals surface area contributed by atoms with Gasteiger partial charge in [-0.15, -0.1) is 0 Å². The number of hydrogen-bond acceptors (Lipinski definition) is 10. The first-order valence-corrected chi connectivity index (χ1v) is 21.1. The van der Waals surface area contributed by atoms with Crippen LogP contribution in [0.15, 0.2) is 96.2 Å². The third-order valence-electron chi connectivity index (χ3n) is 10.9. The number of nitrogens with zero attached hydrogens (tertiary/aromatic N) is 5. The molecule has 2 unspecified atom stereocenters. The van der Waals surface area contributed by atoms with E-state index in [1.165, 1.54) is 43.5 Å². The van der Waals surface area contributed by atoms with Crippen LogP contribution in [0, 0.1) is 22.5 Å². The van der Waals surface area contributed by atoms with Crippen LogP contribution in [0.3, 0.4) is 0 Å². The maximum absolute atomic E-state index is 14.3. The number of aliphatic hydroxyl groups is 2. The molecule has 1 aromatic heterocycles. The molecular weight excluding hydrogens is 903 g/mol. The minimum atomic E-state index is -1.63. The maximum Gasteiger partial charge on any atom is 0.312 e. The van der Waals surface area contributed by atoms with Crippen LogP contribution >= 0.6 is 23.2 Å². The minimum absolute atomic E-state index is 0.0103. The van der Waals surface area contributed by atoms with Gasteiger partial charge in [0, 0.05) is 58.2 Å². The van der Waals surface area contributed by atoms with Crippen LogP contribution in [0.5, 0.6) is 0 Å². The van der Waals surface area contributed by atoms with Gasteiger partial charge in [0.1, 0.15) is 11.6 Å². The number of carbonyl (C=O) groups is 4. The molecule has 2 amide bonds. The van der Waals surface area contributed by atoms with Crippen LogP contribution < -0.4 is 16.4 Å². The Hall–Kier alpha value is -6.47. The van der Waals surface area contributed by atoms with Crippen molar-refractivity contribution in [1.29, 1.82) is 0 Å². The Morgan fingerprint density at radius 1 is 0.818 bits per heavy atom. The van der Waals surface area contributed by atoms with Crippen LogP contribution in [-0.2, 0) is 27.2 Å². The quantitative estimate of drug-likeness (QED) is 0.0204. The summed E-state index contributed by atoms with van der Waals surface area (Å²) in [6.07, 6.45) is 1.63. The van der Waals surface area contributed by atoms with Crippen molar-refractivity contribution in [2.24, 2.45) is 21.7 Å². The first kappa shape index (κ1) is 52.2. The lowest BCUT2D eigenvalue weighted by atomic mass is 9.78. The van der Waals surface area contributed by atoms with Crippen LogP contribution in [0.1, 0.15) is 54.2 Å². The fourth-order valence-electron chi connectivity index (χ4n) is 7.26. The summed E-state index contributed by atoms with van der Waals surface area (Å²) in [5.41, 5.74) is 15.0. The summed E-state index contributed by atoms with van der Waals surface area (Å²) >= 11 is 11.9. The molecular formula is C45H49Cl2F2N9O8. The molecule has 0 spiro atoms. The van der Waals surface area contributed by atoms with Gasteiger partial charge in [0.2, 0.25) is 5.91 Å². The van der Waals surface area contributed by atoms with Gasteiger partial charge >= 0.3 is 11.9 Å². The summed E-state index contributed by atoms with van der Waals surface area (Å²) in [6.45, 7) is -0.0154. The SMILES string of the molecule is CC(=O)NCCC(CO)(C[C@@H](Cc1ccc(-c2cc(Cl)ccc2F)cc1)NC(=O)c1cn[nH]n1)C(=O)O.[N-]=[N+]=NCCC(CO)(C[C@H](N)Cc1ccc(-c2cc(Cl)ccc2F)cc1)C(=O)O. The van der Waals surface area contributed by atoms with E-state index < -0.39 is 59.8 Å². The van der Waals surface area contributed by atoms with Crippen molar-refractivity contribution in [3.05, 3.63) is 140 Å². The predicted octanol–water partition coefficient (Wildman–Crippen LogP) is 6.75. The van der Waals surface area contributed by atoms with Gasteiger partial charge in [0.25, 0.3) is 5.91 Å². The van der Waals surface area contributed by atoms with Crippen LogP contribution in [0.2, 0.25) is 10.0 Å². The Kier molecular flexibility index (Phi) is 19.5. The molecule has 21 heteroatoms. The highest BCUT2D eigenvalue weighted by atomic mass is 35.5. The minimum Gasteiger partial charge on any atom is -0.481 e. The number of amides is 2. The summed E-state index contributed by atoms with van der Waals surface area (Å²) in [5.74, 6) is -4.15. The second-order valence-electron chi connectivity index (χ2n) is 15.7. The number of nitrogens with two attached hydrogens (primary N) is 1. The van der Waals surface area contributed by atoms with Gasteiger partial charge < -0.3 is 36.8 Å². The van der Waals surface area contributed by atoms with E-state index in [1.54, 1.807) is 54.6 Å². The van der Waals surface area contributed by atoms with Crippen molar-refractivity contribution in [2.75, 3.05) is 26.3 Å². The molecule has 0 radical (unpaired) electrons. The number of carboxylic acids is 2. The number of benzene rings is 4. The monoisotopic (exact) mass is 951 g/mol. The Balaban J connectivity index is 0.000000297. The zero-order chi connectivity index (χ0) is 48.4. The van der Waals surface area contributed by atoms with Crippen molar-refractivity contribution in [3.63, 3.8) is 0 Å². The largest absolute Gasteiger partial charge is 0.481 e. The number of halogens is 4. The van der Waals surface area contributed by atoms with E-state index in [2.05, 4.69) is 36.1 Å². The van der Waals surface area contributed by atoms with Crippen LogP contribution in [-0.4, -0.2) is 98.0 Å². The zero-order valence-corrected chi connectivity index (χ0v) is 37.1. The van der Waals surface area contributed by atoms with Crippen LogP contribution in [0.4, 0.5) is 8.78 Å². The van der Waals surface area contributed by atoms with Gasteiger partial charge in [-0.3, -0.25) is 19.2 Å². The molecule has 5 rings (SSSR count). The number of aliphatic hydroxyl groups excluding tert-OH is 2. The average Bonchev–Trinajstić information content (AvgIpc) is 3.84. The molecule has 66 heavy (non-hydrogen) atoms. The molecule has 0 bridgehead atoms. The van der Waals surface area contributed by atoms with E-state index in [-0.39, 0.29) is 62.6 Å². The number of aromatic amines is 1. The molecule has 9 N–H and O–H groups in total. The highest BCUT2D eigenvalue weighted by Crippen LogP contribution is 2.32. The Morgan fingerprint density at radius 2 is 1.33 bits per heavy atom. The Morgan fingerprint density at radius 3 is 1.79 bits per heavy atom. The molecule has 17 nitrogen and oxygen atoms in total. The number of azide groups is 1. The molecule has 0 saturated carbocycles. The van der Waals surface area contributed by atoms with E-state index in [4.69, 9.17) is 34.5 Å². The number of rotatable bonds is 22. The fourth-order valence-corrected chi connectivity index (χ4v) is 7.60. The maximum atomic E-state index is 14.3. The molecule has 4 aromatic carbocycles. The number of hydrogen-bond donors (Lipinski definition) is 8. The smallest absolute Gasteiger partial charge is 0.312 e. The van der Waals surface area contributed by atoms with E-state index in [0.717, 1.165) is 11.1 Å². The topological polar surface area (TPSA) is 290 Å². The van der Waals surface area contributed by atoms with Gasteiger partial charge in [-0.25, -0.2) is 8.78 Å². The number of carboxylic acid groups (broad SMARTS) is 2. The lowest BCUT2D eigenvalue weighted by Crippen LogP contribution is -2.46. The summed E-state index contributed by atoms with van der Waals surface area (Å²) in [7, 11) is 0. The molecule has 1 heterocycles. The molecule has 5 aromatic rings. The van der Waals surface area contributed by atoms with Gasteiger partial charge in [-0.05, 0) is 103 Å². The molecule has 0 fully saturated rings. The van der Waals surface area contributed by atoms with Crippen molar-refractivity contribution in [2.45, 2.75) is 57.5 Å². The summed E-state index contributed by atoms with van der Waals surface area (Å²) in [6, 6.07) is 21.3. The summed E-state index contributed by atoms with van der Waals surface area (Å²) < 4.78 is 28.3. The summed E-state index contributed by atoms with van der Waals surface area (Å²) in [4.78, 5) is 50.5. The van der Waals surface area contributed by atoms with Gasteiger partial charge in [0.05, 0.1) is 30.2 Å². The number of H-pyrrole nitrogens is 1. The van der Waals surface area contributed by atoms with Crippen LogP contribution in [0.25, 0.3) is 32.7 Å². The molecule has 0 saturated heterocycles. The van der Waals surface area contributed by atoms with Crippen molar-refractivity contribution < 1.29 is 48.4 Å².